The van der Waals surface area contributed by atoms with E-state index in [0.717, 1.165) is 0 Å². The van der Waals surface area contributed by atoms with E-state index in [1.54, 1.807) is 0 Å². The Kier molecular flexibility index (Phi) is 1.48. The first-order valence-electron chi connectivity index (χ1n) is 2.69. The molecule has 0 unspecified atom stereocenters. The lowest BCUT2D eigenvalue weighted by molar-refractivity contribution is 0.977. The van der Waals surface area contributed by atoms with Crippen molar-refractivity contribution in [2.45, 2.75) is 0 Å². The summed E-state index contributed by atoms with van der Waals surface area (Å²) < 4.78 is 0.353. The Hall–Kier alpha value is -1.66. The van der Waals surface area contributed by atoms with Crippen molar-refractivity contribution in [1.82, 2.24) is 9.46 Å². The van der Waals surface area contributed by atoms with E-state index in [0.29, 0.717) is 4.48 Å². The van der Waals surface area contributed by atoms with Crippen molar-refractivity contribution in [3.8, 4) is 0 Å². The van der Waals surface area contributed by atoms with E-state index in [1.165, 1.54) is 0 Å². The second-order valence-corrected chi connectivity index (χ2v) is 1.93. The molecule has 0 saturated carbocycles. The van der Waals surface area contributed by atoms with Crippen LogP contribution < -0.4 is 22.7 Å². The highest BCUT2D eigenvalue weighted by atomic mass is 16.2. The Morgan fingerprint density at radius 2 is 1.91 bits per heavy atom. The molecule has 7 heteroatoms. The monoisotopic (exact) mass is 152 g/mol. The van der Waals surface area contributed by atoms with Crippen LogP contribution in [0.25, 0.3) is 0 Å². The number of nitrogens with one attached hydrogen (secondary N) is 1. The van der Waals surface area contributed by atoms with Crippen LogP contribution in [0, 0.1) is 0 Å². The molecular weight excluding hydrogens is 147 g/mol. The normalized spacial score (nSPS) is 9.82. The molecule has 0 aromatic carbocycles. The number of nitrogen functional groups attached to an aromatic ring is 2. The average Bonchev–Trinajstić information content (AvgIpc) is 1.97. The van der Waals surface area contributed by atoms with E-state index in [1.807, 2.05) is 0 Å². The lowest BCUT2D eigenvalue weighted by Gasteiger charge is -2.00. The Morgan fingerprint density at radius 3 is 2.45 bits per heavy atom. The molecule has 5 N–H and O–H groups in total. The average molecular weight is 152 g/mol. The van der Waals surface area contributed by atoms with Crippen molar-refractivity contribution >= 4 is 19.5 Å². The molecule has 0 spiro atoms. The molecule has 0 fully saturated rings. The molecule has 56 valence electrons. The standard InChI is InChI=1S/C4H5BN4O2/c5-9-3(10)1(6)2(7)8-4(9)11/h6-7H2,(H,8,11). The Morgan fingerprint density at radius 1 is 1.36 bits per heavy atom. The van der Waals surface area contributed by atoms with Crippen molar-refractivity contribution in [1.29, 1.82) is 0 Å². The van der Waals surface area contributed by atoms with Gasteiger partial charge >= 0.3 is 5.69 Å². The first-order chi connectivity index (χ1) is 5.04. The molecule has 6 nitrogen and oxygen atoms in total. The lowest BCUT2D eigenvalue weighted by Crippen LogP contribution is -2.36. The van der Waals surface area contributed by atoms with Crippen LogP contribution in [0.4, 0.5) is 11.5 Å². The topological polar surface area (TPSA) is 107 Å². The van der Waals surface area contributed by atoms with Gasteiger partial charge in [-0.15, -0.1) is 0 Å². The van der Waals surface area contributed by atoms with Gasteiger partial charge in [0.2, 0.25) is 7.98 Å². The summed E-state index contributed by atoms with van der Waals surface area (Å²) in [6.07, 6.45) is 0. The highest BCUT2D eigenvalue weighted by molar-refractivity contribution is 6.06. The van der Waals surface area contributed by atoms with Gasteiger partial charge in [-0.25, -0.2) is 4.79 Å². The summed E-state index contributed by atoms with van der Waals surface area (Å²) in [5.41, 5.74) is 8.44. The van der Waals surface area contributed by atoms with Crippen molar-refractivity contribution in [3.63, 3.8) is 0 Å². The van der Waals surface area contributed by atoms with Gasteiger partial charge < -0.3 is 15.9 Å². The molecular formula is C4H5BN4O2. The number of nitrogens with zero attached hydrogens (tertiary/aromatic N) is 1. The zero-order chi connectivity index (χ0) is 8.59. The molecule has 1 rings (SSSR count). The number of hydrogen-bond donors (Lipinski definition) is 3. The number of aromatic amines is 1. The first kappa shape index (κ1) is 7.45. The lowest BCUT2D eigenvalue weighted by atomic mass is 10.3. The third-order valence-electron chi connectivity index (χ3n) is 1.20. The zero-order valence-corrected chi connectivity index (χ0v) is 5.50. The van der Waals surface area contributed by atoms with Gasteiger partial charge in [-0.3, -0.25) is 9.78 Å². The van der Waals surface area contributed by atoms with Crippen LogP contribution in [0.1, 0.15) is 0 Å². The van der Waals surface area contributed by atoms with Crippen molar-refractivity contribution < 1.29 is 0 Å². The minimum Gasteiger partial charge on any atom is -0.391 e. The number of hydrogen-bond acceptors (Lipinski definition) is 4. The predicted octanol–water partition coefficient (Wildman–Crippen LogP) is -2.37. The third kappa shape index (κ3) is 0.998. The SMILES string of the molecule is [B]n1c(=O)[nH]c(N)c(N)c1=O. The quantitative estimate of drug-likeness (QED) is 0.361. The smallest absolute Gasteiger partial charge is 0.316 e. The predicted molar refractivity (Wildman–Crippen MR) is 41.3 cm³/mol. The molecule has 0 saturated heterocycles. The van der Waals surface area contributed by atoms with E-state index < -0.39 is 11.2 Å². The largest absolute Gasteiger partial charge is 0.391 e. The van der Waals surface area contributed by atoms with Gasteiger partial charge in [-0.1, -0.05) is 0 Å². The molecule has 0 atom stereocenters. The Bertz CT molecular complexity index is 392. The third-order valence-corrected chi connectivity index (χ3v) is 1.20. The summed E-state index contributed by atoms with van der Waals surface area (Å²) in [5.74, 6) is -0.165. The van der Waals surface area contributed by atoms with Crippen LogP contribution in [-0.2, 0) is 0 Å². The van der Waals surface area contributed by atoms with Crippen molar-refractivity contribution in [2.75, 3.05) is 11.5 Å². The van der Waals surface area contributed by atoms with E-state index in [2.05, 4.69) is 4.98 Å². The maximum Gasteiger partial charge on any atom is 0.316 e. The highest BCUT2D eigenvalue weighted by Crippen LogP contribution is 1.97. The highest BCUT2D eigenvalue weighted by Gasteiger charge is 2.03. The van der Waals surface area contributed by atoms with Gasteiger partial charge in [0.05, 0.1) is 0 Å². The summed E-state index contributed by atoms with van der Waals surface area (Å²) >= 11 is 0. The van der Waals surface area contributed by atoms with E-state index in [-0.39, 0.29) is 11.5 Å². The van der Waals surface area contributed by atoms with Gasteiger partial charge in [0.25, 0.3) is 5.56 Å². The zero-order valence-electron chi connectivity index (χ0n) is 5.50. The number of H-pyrrole nitrogens is 1. The molecule has 0 bridgehead atoms. The molecule has 1 aromatic rings. The van der Waals surface area contributed by atoms with E-state index in [4.69, 9.17) is 19.4 Å². The second kappa shape index (κ2) is 2.19. The Balaban J connectivity index is 3.74. The molecule has 1 heterocycles. The fourth-order valence-corrected chi connectivity index (χ4v) is 0.580. The molecule has 0 amide bonds. The maximum absolute atomic E-state index is 10.8. The summed E-state index contributed by atoms with van der Waals surface area (Å²) in [5, 5.41) is 0. The summed E-state index contributed by atoms with van der Waals surface area (Å²) in [4.78, 5) is 23.6. The van der Waals surface area contributed by atoms with Gasteiger partial charge in [0.15, 0.2) is 0 Å². The van der Waals surface area contributed by atoms with Crippen LogP contribution in [0.3, 0.4) is 0 Å². The minimum atomic E-state index is -0.800. The van der Waals surface area contributed by atoms with Crippen LogP contribution >= 0.6 is 0 Å². The van der Waals surface area contributed by atoms with Gasteiger partial charge in [0.1, 0.15) is 11.5 Å². The number of nitrogens with two attached hydrogens (primary N) is 2. The van der Waals surface area contributed by atoms with Crippen LogP contribution in [0.2, 0.25) is 0 Å². The van der Waals surface area contributed by atoms with E-state index in [9.17, 15) is 9.59 Å². The molecule has 0 aliphatic heterocycles. The number of anilines is 2. The number of rotatable bonds is 0. The van der Waals surface area contributed by atoms with Crippen molar-refractivity contribution in [3.05, 3.63) is 20.8 Å². The molecule has 11 heavy (non-hydrogen) atoms. The summed E-state index contributed by atoms with van der Waals surface area (Å²) in [7, 11) is 4.98. The molecule has 0 aliphatic rings. The van der Waals surface area contributed by atoms with Crippen molar-refractivity contribution in [2.24, 2.45) is 0 Å². The fraction of sp³-hybridized carbons (Fsp3) is 0. The van der Waals surface area contributed by atoms with Gasteiger partial charge in [-0.2, -0.15) is 0 Å². The maximum atomic E-state index is 10.8. The summed E-state index contributed by atoms with van der Waals surface area (Å²) in [6.45, 7) is 0. The summed E-state index contributed by atoms with van der Waals surface area (Å²) in [6, 6.07) is 0. The Labute approximate surface area is 62.3 Å². The van der Waals surface area contributed by atoms with Gasteiger partial charge in [-0.05, 0) is 0 Å². The second-order valence-electron chi connectivity index (χ2n) is 1.93. The molecule has 1 aromatic heterocycles. The molecule has 2 radical (unpaired) electrons. The van der Waals surface area contributed by atoms with Gasteiger partial charge in [0, 0.05) is 0 Å². The van der Waals surface area contributed by atoms with Crippen LogP contribution in [0.5, 0.6) is 0 Å². The van der Waals surface area contributed by atoms with E-state index >= 15 is 0 Å². The minimum absolute atomic E-state index is 0.165. The first-order valence-corrected chi connectivity index (χ1v) is 2.69. The fourth-order valence-electron chi connectivity index (χ4n) is 0.580. The molecule has 0 aliphatic carbocycles. The van der Waals surface area contributed by atoms with Crippen LogP contribution in [0.15, 0.2) is 9.59 Å². The number of aromatic nitrogens is 2. The van der Waals surface area contributed by atoms with Crippen LogP contribution in [-0.4, -0.2) is 17.4 Å².